The van der Waals surface area contributed by atoms with Crippen LogP contribution in [0.3, 0.4) is 0 Å². The molecule has 0 aliphatic heterocycles. The molecule has 1 aromatic heterocycles. The molecule has 4 unspecified atom stereocenters. The largest absolute Gasteiger partial charge is 0.495 e. The van der Waals surface area contributed by atoms with E-state index in [4.69, 9.17) is 10.5 Å². The lowest BCUT2D eigenvalue weighted by Crippen LogP contribution is -2.27. The average molecular weight is 232 g/mol. The van der Waals surface area contributed by atoms with Gasteiger partial charge in [-0.3, -0.25) is 4.98 Å². The molecule has 92 valence electrons. The van der Waals surface area contributed by atoms with Crippen molar-refractivity contribution < 1.29 is 4.74 Å². The summed E-state index contributed by atoms with van der Waals surface area (Å²) < 4.78 is 5.36. The summed E-state index contributed by atoms with van der Waals surface area (Å²) in [5.41, 5.74) is 7.36. The number of pyridine rings is 1. The molecule has 17 heavy (non-hydrogen) atoms. The molecule has 3 rings (SSSR count). The first-order valence-electron chi connectivity index (χ1n) is 6.54. The third-order valence-electron chi connectivity index (χ3n) is 4.59. The Bertz CT molecular complexity index is 407. The van der Waals surface area contributed by atoms with Crippen LogP contribution in [0.5, 0.6) is 5.75 Å². The molecule has 3 nitrogen and oxygen atoms in total. The van der Waals surface area contributed by atoms with E-state index in [2.05, 4.69) is 4.98 Å². The van der Waals surface area contributed by atoms with Gasteiger partial charge in [0.25, 0.3) is 0 Å². The lowest BCUT2D eigenvalue weighted by Gasteiger charge is -2.28. The van der Waals surface area contributed by atoms with Gasteiger partial charge in [-0.15, -0.1) is 0 Å². The molecular formula is C14H20N2O. The SMILES string of the molecule is COc1cccnc1C(N)C1CC2CCC1C2. The Labute approximate surface area is 102 Å². The van der Waals surface area contributed by atoms with E-state index in [1.807, 2.05) is 18.3 Å². The highest BCUT2D eigenvalue weighted by Gasteiger charge is 2.43. The summed E-state index contributed by atoms with van der Waals surface area (Å²) in [4.78, 5) is 4.43. The minimum absolute atomic E-state index is 0.0430. The van der Waals surface area contributed by atoms with Crippen molar-refractivity contribution in [1.29, 1.82) is 0 Å². The van der Waals surface area contributed by atoms with Crippen molar-refractivity contribution in [1.82, 2.24) is 4.98 Å². The van der Waals surface area contributed by atoms with Gasteiger partial charge in [0.2, 0.25) is 0 Å². The molecule has 0 amide bonds. The number of hydrogen-bond acceptors (Lipinski definition) is 3. The summed E-state index contributed by atoms with van der Waals surface area (Å²) in [7, 11) is 1.69. The zero-order valence-corrected chi connectivity index (χ0v) is 10.3. The second-order valence-corrected chi connectivity index (χ2v) is 5.46. The lowest BCUT2D eigenvalue weighted by atomic mass is 9.82. The van der Waals surface area contributed by atoms with Crippen LogP contribution in [0.1, 0.15) is 37.4 Å². The number of aromatic nitrogens is 1. The Balaban J connectivity index is 1.84. The molecule has 3 heteroatoms. The number of nitrogens with two attached hydrogens (primary N) is 1. The smallest absolute Gasteiger partial charge is 0.141 e. The fourth-order valence-corrected chi connectivity index (χ4v) is 3.76. The summed E-state index contributed by atoms with van der Waals surface area (Å²) >= 11 is 0. The van der Waals surface area contributed by atoms with Gasteiger partial charge in [-0.2, -0.15) is 0 Å². The molecule has 1 heterocycles. The molecule has 4 atom stereocenters. The number of fused-ring (bicyclic) bond motifs is 2. The second kappa shape index (κ2) is 4.30. The Morgan fingerprint density at radius 3 is 2.94 bits per heavy atom. The quantitative estimate of drug-likeness (QED) is 0.871. The predicted octanol–water partition coefficient (Wildman–Crippen LogP) is 2.53. The third-order valence-corrected chi connectivity index (χ3v) is 4.59. The molecule has 2 aliphatic rings. The van der Waals surface area contributed by atoms with Crippen LogP contribution in [0, 0.1) is 17.8 Å². The van der Waals surface area contributed by atoms with E-state index < -0.39 is 0 Å². The summed E-state index contributed by atoms with van der Waals surface area (Å²) in [6.07, 6.45) is 7.25. The van der Waals surface area contributed by atoms with E-state index >= 15 is 0 Å². The van der Waals surface area contributed by atoms with Crippen LogP contribution in [0.25, 0.3) is 0 Å². The number of nitrogens with zero attached hydrogens (tertiary/aromatic N) is 1. The first-order chi connectivity index (χ1) is 8.29. The van der Waals surface area contributed by atoms with Crippen molar-refractivity contribution in [3.05, 3.63) is 24.0 Å². The van der Waals surface area contributed by atoms with E-state index in [0.717, 1.165) is 23.3 Å². The molecule has 2 saturated carbocycles. The zero-order chi connectivity index (χ0) is 11.8. The van der Waals surface area contributed by atoms with Gasteiger partial charge in [0.15, 0.2) is 0 Å². The Kier molecular flexibility index (Phi) is 2.79. The number of methoxy groups -OCH3 is 1. The van der Waals surface area contributed by atoms with E-state index in [0.29, 0.717) is 5.92 Å². The van der Waals surface area contributed by atoms with Gasteiger partial charge < -0.3 is 10.5 Å². The Morgan fingerprint density at radius 1 is 1.41 bits per heavy atom. The second-order valence-electron chi connectivity index (χ2n) is 5.46. The van der Waals surface area contributed by atoms with Crippen LogP contribution in [-0.4, -0.2) is 12.1 Å². The average Bonchev–Trinajstić information content (AvgIpc) is 3.00. The Morgan fingerprint density at radius 2 is 2.29 bits per heavy atom. The third kappa shape index (κ3) is 1.82. The van der Waals surface area contributed by atoms with Crippen LogP contribution >= 0.6 is 0 Å². The van der Waals surface area contributed by atoms with Crippen molar-refractivity contribution >= 4 is 0 Å². The number of ether oxygens (including phenoxy) is 1. The molecule has 2 N–H and O–H groups in total. The molecule has 1 aromatic rings. The van der Waals surface area contributed by atoms with Gasteiger partial charge >= 0.3 is 0 Å². The van der Waals surface area contributed by atoms with Crippen molar-refractivity contribution in [2.24, 2.45) is 23.5 Å². The molecule has 2 aliphatic carbocycles. The van der Waals surface area contributed by atoms with Gasteiger partial charge in [0.05, 0.1) is 18.8 Å². The van der Waals surface area contributed by atoms with E-state index in [1.54, 1.807) is 7.11 Å². The zero-order valence-electron chi connectivity index (χ0n) is 10.3. The highest BCUT2D eigenvalue weighted by Crippen LogP contribution is 2.52. The predicted molar refractivity (Wildman–Crippen MR) is 66.7 cm³/mol. The van der Waals surface area contributed by atoms with Crippen molar-refractivity contribution in [3.8, 4) is 5.75 Å². The van der Waals surface area contributed by atoms with Gasteiger partial charge in [-0.25, -0.2) is 0 Å². The maximum Gasteiger partial charge on any atom is 0.141 e. The summed E-state index contributed by atoms with van der Waals surface area (Å²) in [6, 6.07) is 3.90. The molecule has 0 spiro atoms. The van der Waals surface area contributed by atoms with Crippen molar-refractivity contribution in [3.63, 3.8) is 0 Å². The van der Waals surface area contributed by atoms with E-state index in [-0.39, 0.29) is 6.04 Å². The fraction of sp³-hybridized carbons (Fsp3) is 0.643. The first kappa shape index (κ1) is 11.0. The van der Waals surface area contributed by atoms with E-state index in [9.17, 15) is 0 Å². The summed E-state index contributed by atoms with van der Waals surface area (Å²) in [6.45, 7) is 0. The lowest BCUT2D eigenvalue weighted by molar-refractivity contribution is 0.275. The standard InChI is InChI=1S/C14H20N2O/c1-17-12-3-2-6-16-14(12)13(15)11-8-9-4-5-10(11)7-9/h2-3,6,9-11,13H,4-5,7-8,15H2,1H3. The van der Waals surface area contributed by atoms with E-state index in [1.165, 1.54) is 25.7 Å². The molecule has 0 radical (unpaired) electrons. The fourth-order valence-electron chi connectivity index (χ4n) is 3.76. The van der Waals surface area contributed by atoms with Crippen LogP contribution < -0.4 is 10.5 Å². The topological polar surface area (TPSA) is 48.1 Å². The van der Waals surface area contributed by atoms with Crippen LogP contribution in [0.4, 0.5) is 0 Å². The molecule has 0 saturated heterocycles. The monoisotopic (exact) mass is 232 g/mol. The van der Waals surface area contributed by atoms with Crippen LogP contribution in [-0.2, 0) is 0 Å². The maximum absolute atomic E-state index is 6.42. The van der Waals surface area contributed by atoms with Crippen molar-refractivity contribution in [2.45, 2.75) is 31.7 Å². The summed E-state index contributed by atoms with van der Waals surface area (Å²) in [5.74, 6) is 3.19. The summed E-state index contributed by atoms with van der Waals surface area (Å²) in [5, 5.41) is 0. The highest BCUT2D eigenvalue weighted by molar-refractivity contribution is 5.30. The molecule has 2 fully saturated rings. The van der Waals surface area contributed by atoms with Crippen LogP contribution in [0.2, 0.25) is 0 Å². The molecular weight excluding hydrogens is 212 g/mol. The first-order valence-corrected chi connectivity index (χ1v) is 6.54. The maximum atomic E-state index is 6.42. The van der Waals surface area contributed by atoms with Gasteiger partial charge in [0.1, 0.15) is 5.75 Å². The normalized spacial score (nSPS) is 32.7. The number of hydrogen-bond donors (Lipinski definition) is 1. The molecule has 0 aromatic carbocycles. The minimum atomic E-state index is 0.0430. The Hall–Kier alpha value is -1.09. The van der Waals surface area contributed by atoms with Crippen LogP contribution in [0.15, 0.2) is 18.3 Å². The highest BCUT2D eigenvalue weighted by atomic mass is 16.5. The minimum Gasteiger partial charge on any atom is -0.495 e. The van der Waals surface area contributed by atoms with Gasteiger partial charge in [-0.05, 0) is 49.1 Å². The number of rotatable bonds is 3. The van der Waals surface area contributed by atoms with Crippen molar-refractivity contribution in [2.75, 3.05) is 7.11 Å². The van der Waals surface area contributed by atoms with Gasteiger partial charge in [0, 0.05) is 6.20 Å². The van der Waals surface area contributed by atoms with Gasteiger partial charge in [-0.1, -0.05) is 6.42 Å². The molecule has 2 bridgehead atoms.